The van der Waals surface area contributed by atoms with Gasteiger partial charge in [0.1, 0.15) is 0 Å². The van der Waals surface area contributed by atoms with E-state index in [2.05, 4.69) is 42.5 Å². The first kappa shape index (κ1) is 12.6. The highest BCUT2D eigenvalue weighted by Crippen LogP contribution is 2.26. The second kappa shape index (κ2) is 4.81. The Morgan fingerprint density at radius 1 is 1.18 bits per heavy atom. The van der Waals surface area contributed by atoms with Crippen LogP contribution < -0.4 is 0 Å². The van der Waals surface area contributed by atoms with Crippen molar-refractivity contribution in [2.45, 2.75) is 52.0 Å². The minimum atomic E-state index is 0.194. The summed E-state index contributed by atoms with van der Waals surface area (Å²) in [4.78, 5) is 2.57. The lowest BCUT2D eigenvalue weighted by Crippen LogP contribution is -2.31. The molecule has 0 atom stereocenters. The Labute approximate surface area is 105 Å². The molecule has 0 amide bonds. The number of rotatable bonds is 2. The van der Waals surface area contributed by atoms with Crippen molar-refractivity contribution in [2.24, 2.45) is 7.05 Å². The highest BCUT2D eigenvalue weighted by Gasteiger charge is 2.23. The Kier molecular flexibility index (Phi) is 3.57. The third-order valence-electron chi connectivity index (χ3n) is 3.69. The Bertz CT molecular complexity index is 367. The molecule has 1 aliphatic rings. The molecular formula is C14H25N3. The molecule has 1 saturated heterocycles. The van der Waals surface area contributed by atoms with Crippen LogP contribution in [-0.2, 0) is 19.0 Å². The van der Waals surface area contributed by atoms with E-state index in [1.54, 1.807) is 0 Å². The van der Waals surface area contributed by atoms with E-state index in [1.165, 1.54) is 43.6 Å². The molecule has 2 rings (SSSR count). The summed E-state index contributed by atoms with van der Waals surface area (Å²) in [6.07, 6.45) is 6.14. The topological polar surface area (TPSA) is 21.1 Å². The third-order valence-corrected chi connectivity index (χ3v) is 3.69. The quantitative estimate of drug-likeness (QED) is 0.786. The highest BCUT2D eigenvalue weighted by molar-refractivity contribution is 5.25. The number of likely N-dealkylation sites (tertiary alicyclic amines) is 1. The lowest BCUT2D eigenvalue weighted by atomic mass is 9.87. The van der Waals surface area contributed by atoms with Crippen molar-refractivity contribution in [2.75, 3.05) is 13.1 Å². The number of aryl methyl sites for hydroxylation is 1. The van der Waals surface area contributed by atoms with Gasteiger partial charge in [-0.3, -0.25) is 9.58 Å². The number of piperidine rings is 1. The minimum absolute atomic E-state index is 0.194. The van der Waals surface area contributed by atoms with Gasteiger partial charge in [0.25, 0.3) is 0 Å². The van der Waals surface area contributed by atoms with Crippen molar-refractivity contribution < 1.29 is 0 Å². The fraction of sp³-hybridized carbons (Fsp3) is 0.786. The fourth-order valence-corrected chi connectivity index (χ4v) is 2.61. The van der Waals surface area contributed by atoms with Gasteiger partial charge < -0.3 is 0 Å². The van der Waals surface area contributed by atoms with Gasteiger partial charge in [-0.2, -0.15) is 5.10 Å². The van der Waals surface area contributed by atoms with Gasteiger partial charge in [-0.25, -0.2) is 0 Å². The third kappa shape index (κ3) is 2.89. The minimum Gasteiger partial charge on any atom is -0.298 e. The smallest absolute Gasteiger partial charge is 0.0558 e. The van der Waals surface area contributed by atoms with Crippen LogP contribution >= 0.6 is 0 Å². The van der Waals surface area contributed by atoms with Crippen molar-refractivity contribution in [1.82, 2.24) is 14.7 Å². The molecule has 1 aliphatic heterocycles. The molecule has 0 saturated carbocycles. The number of hydrogen-bond acceptors (Lipinski definition) is 2. The van der Waals surface area contributed by atoms with Crippen LogP contribution in [0.25, 0.3) is 0 Å². The summed E-state index contributed by atoms with van der Waals surface area (Å²) in [5.41, 5.74) is 2.98. The number of nitrogens with zero attached hydrogens (tertiary/aromatic N) is 3. The molecule has 1 aromatic rings. The van der Waals surface area contributed by atoms with Crippen LogP contribution in [0, 0.1) is 0 Å². The highest BCUT2D eigenvalue weighted by atomic mass is 15.3. The molecule has 96 valence electrons. The summed E-state index contributed by atoms with van der Waals surface area (Å²) in [6.45, 7) is 10.4. The number of aromatic nitrogens is 2. The molecule has 2 heterocycles. The average molecular weight is 235 g/mol. The van der Waals surface area contributed by atoms with Gasteiger partial charge in [0.05, 0.1) is 11.9 Å². The van der Waals surface area contributed by atoms with Crippen molar-refractivity contribution in [3.05, 3.63) is 17.5 Å². The summed E-state index contributed by atoms with van der Waals surface area (Å²) in [6, 6.07) is 0. The summed E-state index contributed by atoms with van der Waals surface area (Å²) >= 11 is 0. The monoisotopic (exact) mass is 235 g/mol. The molecule has 17 heavy (non-hydrogen) atoms. The van der Waals surface area contributed by atoms with Gasteiger partial charge >= 0.3 is 0 Å². The lowest BCUT2D eigenvalue weighted by Gasteiger charge is -2.28. The van der Waals surface area contributed by atoms with Crippen LogP contribution in [0.1, 0.15) is 51.3 Å². The van der Waals surface area contributed by atoms with Crippen molar-refractivity contribution in [3.8, 4) is 0 Å². The molecule has 0 unspecified atom stereocenters. The van der Waals surface area contributed by atoms with Gasteiger partial charge in [0, 0.05) is 13.6 Å². The van der Waals surface area contributed by atoms with E-state index in [4.69, 9.17) is 0 Å². The number of hydrogen-bond donors (Lipinski definition) is 0. The molecule has 0 bridgehead atoms. The van der Waals surface area contributed by atoms with Crippen LogP contribution in [-0.4, -0.2) is 27.8 Å². The maximum absolute atomic E-state index is 4.44. The predicted molar refractivity (Wildman–Crippen MR) is 71.0 cm³/mol. The Balaban J connectivity index is 2.16. The van der Waals surface area contributed by atoms with Crippen LogP contribution in [0.3, 0.4) is 0 Å². The molecule has 3 heteroatoms. The van der Waals surface area contributed by atoms with Crippen LogP contribution in [0.4, 0.5) is 0 Å². The van der Waals surface area contributed by atoms with Gasteiger partial charge in [0.15, 0.2) is 0 Å². The van der Waals surface area contributed by atoms with E-state index in [9.17, 15) is 0 Å². The molecule has 1 aromatic heterocycles. The van der Waals surface area contributed by atoms with Gasteiger partial charge in [-0.15, -0.1) is 0 Å². The predicted octanol–water partition coefficient (Wildman–Crippen LogP) is 2.70. The summed E-state index contributed by atoms with van der Waals surface area (Å²) < 4.78 is 2.05. The van der Waals surface area contributed by atoms with Crippen LogP contribution in [0.2, 0.25) is 0 Å². The molecule has 0 aliphatic carbocycles. The second-order valence-corrected chi connectivity index (χ2v) is 6.22. The molecule has 1 fully saturated rings. The normalized spacial score (nSPS) is 18.6. The van der Waals surface area contributed by atoms with E-state index in [1.807, 2.05) is 6.20 Å². The van der Waals surface area contributed by atoms with Gasteiger partial charge in [-0.1, -0.05) is 27.2 Å². The molecule has 0 radical (unpaired) electrons. The second-order valence-electron chi connectivity index (χ2n) is 6.22. The van der Waals surface area contributed by atoms with Crippen LogP contribution in [0.5, 0.6) is 0 Å². The van der Waals surface area contributed by atoms with E-state index < -0.39 is 0 Å². The summed E-state index contributed by atoms with van der Waals surface area (Å²) in [5.74, 6) is 0. The average Bonchev–Trinajstić information content (AvgIpc) is 2.62. The largest absolute Gasteiger partial charge is 0.298 e. The molecule has 0 spiro atoms. The zero-order valence-corrected chi connectivity index (χ0v) is 11.7. The van der Waals surface area contributed by atoms with Crippen LogP contribution in [0.15, 0.2) is 6.20 Å². The zero-order chi connectivity index (χ0) is 12.5. The standard InChI is InChI=1S/C14H25N3/c1-14(2,3)12-10-15-16(4)13(12)11-17-8-6-5-7-9-17/h10H,5-9,11H2,1-4H3. The SMILES string of the molecule is Cn1ncc(C(C)(C)C)c1CN1CCCCC1. The first-order valence-corrected chi connectivity index (χ1v) is 6.72. The first-order valence-electron chi connectivity index (χ1n) is 6.72. The van der Waals surface area contributed by atoms with Gasteiger partial charge in [-0.05, 0) is 36.9 Å². The Hall–Kier alpha value is -0.830. The lowest BCUT2D eigenvalue weighted by molar-refractivity contribution is 0.214. The summed E-state index contributed by atoms with van der Waals surface area (Å²) in [7, 11) is 2.06. The zero-order valence-electron chi connectivity index (χ0n) is 11.7. The summed E-state index contributed by atoms with van der Waals surface area (Å²) in [5, 5.41) is 4.44. The Morgan fingerprint density at radius 2 is 1.82 bits per heavy atom. The van der Waals surface area contributed by atoms with E-state index in [0.717, 1.165) is 6.54 Å². The maximum atomic E-state index is 4.44. The fourth-order valence-electron chi connectivity index (χ4n) is 2.61. The van der Waals surface area contributed by atoms with Crippen molar-refractivity contribution >= 4 is 0 Å². The first-order chi connectivity index (χ1) is 7.98. The van der Waals surface area contributed by atoms with Crippen molar-refractivity contribution in [3.63, 3.8) is 0 Å². The maximum Gasteiger partial charge on any atom is 0.0558 e. The van der Waals surface area contributed by atoms with E-state index >= 15 is 0 Å². The molecule has 0 aromatic carbocycles. The van der Waals surface area contributed by atoms with E-state index in [0.29, 0.717) is 0 Å². The van der Waals surface area contributed by atoms with Crippen molar-refractivity contribution in [1.29, 1.82) is 0 Å². The van der Waals surface area contributed by atoms with Gasteiger partial charge in [0.2, 0.25) is 0 Å². The Morgan fingerprint density at radius 3 is 2.41 bits per heavy atom. The molecule has 0 N–H and O–H groups in total. The van der Waals surface area contributed by atoms with E-state index in [-0.39, 0.29) is 5.41 Å². The molecular weight excluding hydrogens is 210 g/mol. The molecule has 3 nitrogen and oxygen atoms in total.